The lowest BCUT2D eigenvalue weighted by atomic mass is 10.1. The molecule has 2 aromatic carbocycles. The van der Waals surface area contributed by atoms with Crippen LogP contribution in [0.4, 0.5) is 27.6 Å². The minimum absolute atomic E-state index is 0.0381. The summed E-state index contributed by atoms with van der Waals surface area (Å²) in [4.78, 5) is 25.0. The molecule has 3 aromatic rings. The van der Waals surface area contributed by atoms with Crippen LogP contribution < -0.4 is 15.7 Å². The zero-order valence-electron chi connectivity index (χ0n) is 16.8. The van der Waals surface area contributed by atoms with Crippen molar-refractivity contribution in [1.29, 1.82) is 0 Å². The molecule has 7 nitrogen and oxygen atoms in total. The van der Waals surface area contributed by atoms with Gasteiger partial charge in [0.05, 0.1) is 11.3 Å². The van der Waals surface area contributed by atoms with Crippen LogP contribution in [0.25, 0.3) is 5.69 Å². The van der Waals surface area contributed by atoms with Crippen molar-refractivity contribution in [3.63, 3.8) is 0 Å². The van der Waals surface area contributed by atoms with Gasteiger partial charge in [0.15, 0.2) is 6.61 Å². The van der Waals surface area contributed by atoms with E-state index in [1.54, 1.807) is 6.92 Å². The number of amides is 1. The summed E-state index contributed by atoms with van der Waals surface area (Å²) < 4.78 is 72.8. The number of carbonyl (C=O) groups is 1. The highest BCUT2D eigenvalue weighted by Gasteiger charge is 2.30. The third kappa shape index (κ3) is 4.79. The first-order valence-corrected chi connectivity index (χ1v) is 9.26. The number of anilines is 1. The number of alkyl halides is 3. The van der Waals surface area contributed by atoms with E-state index in [1.807, 2.05) is 5.32 Å². The van der Waals surface area contributed by atoms with Crippen LogP contribution in [0.1, 0.15) is 23.1 Å². The number of aryl methyl sites for hydroxylation is 1. The number of para-hydroxylation sites is 1. The summed E-state index contributed by atoms with van der Waals surface area (Å²) in [5, 5.41) is 6.09. The Labute approximate surface area is 178 Å². The molecule has 0 aliphatic rings. The van der Waals surface area contributed by atoms with Crippen molar-refractivity contribution in [2.75, 3.05) is 11.9 Å². The zero-order valence-corrected chi connectivity index (χ0v) is 16.8. The Kier molecular flexibility index (Phi) is 6.32. The summed E-state index contributed by atoms with van der Waals surface area (Å²) in [5.74, 6) is -3.38. The Morgan fingerprint density at radius 3 is 2.38 bits per heavy atom. The van der Waals surface area contributed by atoms with Crippen LogP contribution in [0.5, 0.6) is 5.75 Å². The highest BCUT2D eigenvalue weighted by molar-refractivity contribution is 6.06. The molecule has 0 radical (unpaired) electrons. The van der Waals surface area contributed by atoms with Gasteiger partial charge in [-0.25, -0.2) is 13.6 Å². The van der Waals surface area contributed by atoms with Gasteiger partial charge in [-0.3, -0.25) is 9.36 Å². The summed E-state index contributed by atoms with van der Waals surface area (Å²) in [5.41, 5.74) is -1.72. The second-order valence-electron chi connectivity index (χ2n) is 6.66. The van der Waals surface area contributed by atoms with Crippen molar-refractivity contribution in [1.82, 2.24) is 14.3 Å². The van der Waals surface area contributed by atoms with E-state index in [0.717, 1.165) is 35.0 Å². The molecule has 0 aliphatic heterocycles. The predicted molar refractivity (Wildman–Crippen MR) is 104 cm³/mol. The van der Waals surface area contributed by atoms with E-state index in [0.29, 0.717) is 12.2 Å². The number of ether oxygens (including phenoxy) is 1. The second kappa shape index (κ2) is 8.81. The summed E-state index contributed by atoms with van der Waals surface area (Å²) in [6.45, 7) is 0.0291. The van der Waals surface area contributed by atoms with Crippen LogP contribution in [-0.4, -0.2) is 33.0 Å². The van der Waals surface area contributed by atoms with Crippen LogP contribution in [0.2, 0.25) is 0 Å². The molecule has 0 fully saturated rings. The van der Waals surface area contributed by atoms with Crippen LogP contribution in [0, 0.1) is 11.6 Å². The summed E-state index contributed by atoms with van der Waals surface area (Å²) in [7, 11) is 1.48. The van der Waals surface area contributed by atoms with Gasteiger partial charge in [-0.05, 0) is 24.3 Å². The SMILES string of the molecule is CCc1nn(-c2ccc(C(=O)Nc3c(F)cccc3F)c(OCC(F)(F)F)c2)c(=O)n1C. The maximum Gasteiger partial charge on any atom is 0.422 e. The molecule has 0 aliphatic carbocycles. The Bertz CT molecular complexity index is 1200. The van der Waals surface area contributed by atoms with Crippen molar-refractivity contribution in [2.45, 2.75) is 19.5 Å². The molecule has 0 spiro atoms. The number of aromatic nitrogens is 3. The molecule has 1 aromatic heterocycles. The largest absolute Gasteiger partial charge is 0.483 e. The molecular weight excluding hydrogens is 439 g/mol. The van der Waals surface area contributed by atoms with Crippen molar-refractivity contribution < 1.29 is 31.5 Å². The number of nitrogens with zero attached hydrogens (tertiary/aromatic N) is 3. The van der Waals surface area contributed by atoms with Gasteiger partial charge in [0.25, 0.3) is 5.91 Å². The molecule has 170 valence electrons. The first-order valence-electron chi connectivity index (χ1n) is 9.26. The third-order valence-corrected chi connectivity index (χ3v) is 4.43. The first-order chi connectivity index (χ1) is 15.0. The normalized spacial score (nSPS) is 11.5. The van der Waals surface area contributed by atoms with E-state index in [1.165, 1.54) is 17.7 Å². The molecule has 1 N–H and O–H groups in total. The number of nitrogens with one attached hydrogen (secondary N) is 1. The lowest BCUT2D eigenvalue weighted by molar-refractivity contribution is -0.153. The van der Waals surface area contributed by atoms with Crippen molar-refractivity contribution >= 4 is 11.6 Å². The van der Waals surface area contributed by atoms with Crippen molar-refractivity contribution in [3.8, 4) is 11.4 Å². The molecule has 0 atom stereocenters. The number of hydrogen-bond donors (Lipinski definition) is 1. The number of halogens is 5. The highest BCUT2D eigenvalue weighted by Crippen LogP contribution is 2.27. The van der Waals surface area contributed by atoms with E-state index < -0.39 is 53.0 Å². The molecule has 12 heteroatoms. The second-order valence-corrected chi connectivity index (χ2v) is 6.66. The van der Waals surface area contributed by atoms with Gasteiger partial charge in [0.1, 0.15) is 28.9 Å². The molecular formula is C20H17F5N4O3. The molecule has 1 heterocycles. The maximum absolute atomic E-state index is 13.9. The minimum Gasteiger partial charge on any atom is -0.483 e. The number of hydrogen-bond acceptors (Lipinski definition) is 4. The molecule has 0 bridgehead atoms. The predicted octanol–water partition coefficient (Wildman–Crippen LogP) is 3.61. The number of benzene rings is 2. The fourth-order valence-corrected chi connectivity index (χ4v) is 2.86. The Morgan fingerprint density at radius 2 is 1.81 bits per heavy atom. The van der Waals surface area contributed by atoms with Gasteiger partial charge >= 0.3 is 11.9 Å². The average molecular weight is 456 g/mol. The van der Waals surface area contributed by atoms with Gasteiger partial charge in [-0.15, -0.1) is 5.10 Å². The van der Waals surface area contributed by atoms with Gasteiger partial charge in [0, 0.05) is 19.5 Å². The van der Waals surface area contributed by atoms with Crippen LogP contribution in [-0.2, 0) is 13.5 Å². The Balaban J connectivity index is 2.03. The fraction of sp³-hybridized carbons (Fsp3) is 0.250. The fourth-order valence-electron chi connectivity index (χ4n) is 2.86. The average Bonchev–Trinajstić information content (AvgIpc) is 3.02. The molecule has 3 rings (SSSR count). The van der Waals surface area contributed by atoms with E-state index in [-0.39, 0.29) is 5.69 Å². The number of rotatable bonds is 6. The number of carbonyl (C=O) groups excluding carboxylic acids is 1. The quantitative estimate of drug-likeness (QED) is 0.575. The minimum atomic E-state index is -4.72. The molecule has 32 heavy (non-hydrogen) atoms. The van der Waals surface area contributed by atoms with Gasteiger partial charge in [0.2, 0.25) is 0 Å². The highest BCUT2D eigenvalue weighted by atomic mass is 19.4. The summed E-state index contributed by atoms with van der Waals surface area (Å²) >= 11 is 0. The first kappa shape index (κ1) is 23.0. The molecule has 0 saturated heterocycles. The van der Waals surface area contributed by atoms with E-state index in [4.69, 9.17) is 4.74 Å². The molecule has 1 amide bonds. The zero-order chi connectivity index (χ0) is 23.6. The van der Waals surface area contributed by atoms with Gasteiger partial charge in [-0.1, -0.05) is 13.0 Å². The Morgan fingerprint density at radius 1 is 1.16 bits per heavy atom. The molecule has 0 unspecified atom stereocenters. The smallest absolute Gasteiger partial charge is 0.422 e. The van der Waals surface area contributed by atoms with E-state index in [2.05, 4.69) is 5.10 Å². The topological polar surface area (TPSA) is 78.2 Å². The van der Waals surface area contributed by atoms with Gasteiger partial charge < -0.3 is 10.1 Å². The van der Waals surface area contributed by atoms with Crippen molar-refractivity contribution in [3.05, 3.63) is 69.9 Å². The molecule has 0 saturated carbocycles. The maximum atomic E-state index is 13.9. The monoisotopic (exact) mass is 456 g/mol. The van der Waals surface area contributed by atoms with E-state index >= 15 is 0 Å². The summed E-state index contributed by atoms with van der Waals surface area (Å²) in [6, 6.07) is 6.24. The Hall–Kier alpha value is -3.70. The third-order valence-electron chi connectivity index (χ3n) is 4.43. The van der Waals surface area contributed by atoms with Crippen molar-refractivity contribution in [2.24, 2.45) is 7.05 Å². The van der Waals surface area contributed by atoms with Crippen LogP contribution in [0.3, 0.4) is 0 Å². The van der Waals surface area contributed by atoms with E-state index in [9.17, 15) is 31.5 Å². The lowest BCUT2D eigenvalue weighted by Gasteiger charge is -2.15. The lowest BCUT2D eigenvalue weighted by Crippen LogP contribution is -2.24. The standard InChI is InChI=1S/C20H17F5N4O3/c1-3-16-27-29(19(31)28(16)2)11-7-8-12(15(9-11)32-10-20(23,24)25)18(30)26-17-13(21)5-4-6-14(17)22/h4-9H,3,10H2,1-2H3,(H,26,30). The van der Waals surface area contributed by atoms with Gasteiger partial charge in [-0.2, -0.15) is 17.9 Å². The summed E-state index contributed by atoms with van der Waals surface area (Å²) in [6.07, 6.45) is -4.30. The van der Waals surface area contributed by atoms with Crippen LogP contribution >= 0.6 is 0 Å². The van der Waals surface area contributed by atoms with Crippen LogP contribution in [0.15, 0.2) is 41.2 Å².